The zero-order chi connectivity index (χ0) is 22.6. The Balaban J connectivity index is 1.50. The van der Waals surface area contributed by atoms with E-state index in [9.17, 15) is 13.2 Å². The van der Waals surface area contributed by atoms with Crippen molar-refractivity contribution in [3.8, 4) is 0 Å². The first-order chi connectivity index (χ1) is 15.4. The van der Waals surface area contributed by atoms with Gasteiger partial charge in [0.2, 0.25) is 10.0 Å². The van der Waals surface area contributed by atoms with E-state index >= 15 is 0 Å². The van der Waals surface area contributed by atoms with E-state index in [0.717, 1.165) is 18.4 Å². The van der Waals surface area contributed by atoms with E-state index in [1.54, 1.807) is 24.3 Å². The Kier molecular flexibility index (Phi) is 6.61. The molecule has 5 nitrogen and oxygen atoms in total. The number of nitrogens with zero attached hydrogens (tertiary/aromatic N) is 2. The van der Waals surface area contributed by atoms with Gasteiger partial charge in [-0.15, -0.1) is 0 Å². The van der Waals surface area contributed by atoms with Crippen molar-refractivity contribution in [2.45, 2.75) is 25.3 Å². The molecule has 1 heterocycles. The first-order valence-electron chi connectivity index (χ1n) is 10.9. The number of anilines is 1. The number of sulfonamides is 1. The fourth-order valence-corrected chi connectivity index (χ4v) is 5.15. The monoisotopic (exact) mass is 448 g/mol. The minimum atomic E-state index is -3.51. The van der Waals surface area contributed by atoms with Gasteiger partial charge in [0.15, 0.2) is 0 Å². The van der Waals surface area contributed by atoms with Gasteiger partial charge in [0.1, 0.15) is 0 Å². The second-order valence-corrected chi connectivity index (χ2v) is 10.2. The van der Waals surface area contributed by atoms with E-state index < -0.39 is 10.0 Å². The fraction of sp³-hybridized carbons (Fsp3) is 0.269. The highest BCUT2D eigenvalue weighted by Gasteiger charge is 2.25. The lowest BCUT2D eigenvalue weighted by Crippen LogP contribution is -2.38. The molecular weight excluding hydrogens is 420 g/mol. The van der Waals surface area contributed by atoms with Crippen LogP contribution in [0, 0.1) is 0 Å². The van der Waals surface area contributed by atoms with Crippen LogP contribution in [0.4, 0.5) is 5.69 Å². The SMILES string of the molecule is CS(=O)(=O)N(Cc1ccccc1)c1cccc(C(=O)N2CCC(c3ccccc3)CC2)c1. The van der Waals surface area contributed by atoms with Gasteiger partial charge in [-0.05, 0) is 48.1 Å². The highest BCUT2D eigenvalue weighted by molar-refractivity contribution is 7.92. The lowest BCUT2D eigenvalue weighted by molar-refractivity contribution is 0.0713. The normalized spacial score (nSPS) is 14.8. The molecule has 0 bridgehead atoms. The Hall–Kier alpha value is -3.12. The summed E-state index contributed by atoms with van der Waals surface area (Å²) in [4.78, 5) is 15.1. The Morgan fingerprint density at radius 2 is 1.53 bits per heavy atom. The molecule has 6 heteroatoms. The predicted octanol–water partition coefficient (Wildman–Crippen LogP) is 4.67. The van der Waals surface area contributed by atoms with Crippen LogP contribution < -0.4 is 4.31 Å². The van der Waals surface area contributed by atoms with E-state index in [1.165, 1.54) is 16.1 Å². The molecule has 0 spiro atoms. The summed E-state index contributed by atoms with van der Waals surface area (Å²) in [6, 6.07) is 26.8. The lowest BCUT2D eigenvalue weighted by Gasteiger charge is -2.32. The standard InChI is InChI=1S/C26H28N2O3S/c1-32(30,31)28(20-21-9-4-2-5-10-21)25-14-8-13-24(19-25)26(29)27-17-15-23(16-18-27)22-11-6-3-7-12-22/h2-14,19,23H,15-18,20H2,1H3. The van der Waals surface area contributed by atoms with Crippen molar-refractivity contribution < 1.29 is 13.2 Å². The quantitative estimate of drug-likeness (QED) is 0.551. The molecule has 0 aliphatic carbocycles. The highest BCUT2D eigenvalue weighted by Crippen LogP contribution is 2.29. The molecule has 0 radical (unpaired) electrons. The molecule has 0 atom stereocenters. The molecule has 1 aliphatic heterocycles. The summed E-state index contributed by atoms with van der Waals surface area (Å²) < 4.78 is 26.4. The third kappa shape index (κ3) is 5.19. The van der Waals surface area contributed by atoms with Crippen LogP contribution in [0.1, 0.15) is 40.2 Å². The summed E-state index contributed by atoms with van der Waals surface area (Å²) in [5.74, 6) is 0.421. The van der Waals surface area contributed by atoms with Crippen molar-refractivity contribution in [1.29, 1.82) is 0 Å². The van der Waals surface area contributed by atoms with Crippen LogP contribution in [0.3, 0.4) is 0 Å². The minimum Gasteiger partial charge on any atom is -0.339 e. The Labute approximate surface area is 190 Å². The molecule has 1 aliphatic rings. The second-order valence-electron chi connectivity index (χ2n) is 8.28. The minimum absolute atomic E-state index is 0.0495. The summed E-state index contributed by atoms with van der Waals surface area (Å²) in [5.41, 5.74) is 3.23. The topological polar surface area (TPSA) is 57.7 Å². The fourth-order valence-electron chi connectivity index (χ4n) is 4.27. The Morgan fingerprint density at radius 1 is 0.906 bits per heavy atom. The van der Waals surface area contributed by atoms with Gasteiger partial charge < -0.3 is 4.90 Å². The first kappa shape index (κ1) is 22.1. The molecule has 1 fully saturated rings. The number of likely N-dealkylation sites (tertiary alicyclic amines) is 1. The van der Waals surface area contributed by atoms with Crippen molar-refractivity contribution in [3.63, 3.8) is 0 Å². The summed E-state index contributed by atoms with van der Waals surface area (Å²) in [6.45, 7) is 1.62. The molecule has 4 rings (SSSR count). The third-order valence-corrected chi connectivity index (χ3v) is 7.14. The largest absolute Gasteiger partial charge is 0.339 e. The van der Waals surface area contributed by atoms with Gasteiger partial charge in [0.05, 0.1) is 18.5 Å². The summed E-state index contributed by atoms with van der Waals surface area (Å²) >= 11 is 0. The van der Waals surface area contributed by atoms with Gasteiger partial charge >= 0.3 is 0 Å². The molecular formula is C26H28N2O3S. The molecule has 32 heavy (non-hydrogen) atoms. The first-order valence-corrected chi connectivity index (χ1v) is 12.7. The number of hydrogen-bond donors (Lipinski definition) is 0. The average molecular weight is 449 g/mol. The van der Waals surface area contributed by atoms with Crippen LogP contribution >= 0.6 is 0 Å². The molecule has 0 N–H and O–H groups in total. The van der Waals surface area contributed by atoms with Crippen molar-refractivity contribution in [2.75, 3.05) is 23.7 Å². The van der Waals surface area contributed by atoms with Crippen molar-refractivity contribution in [2.24, 2.45) is 0 Å². The van der Waals surface area contributed by atoms with E-state index in [-0.39, 0.29) is 12.5 Å². The van der Waals surface area contributed by atoms with E-state index in [4.69, 9.17) is 0 Å². The van der Waals surface area contributed by atoms with Gasteiger partial charge in [-0.25, -0.2) is 8.42 Å². The van der Waals surface area contributed by atoms with E-state index in [1.807, 2.05) is 41.3 Å². The molecule has 3 aromatic carbocycles. The number of carbonyl (C=O) groups excluding carboxylic acids is 1. The highest BCUT2D eigenvalue weighted by atomic mass is 32.2. The smallest absolute Gasteiger partial charge is 0.253 e. The van der Waals surface area contributed by atoms with Crippen LogP contribution in [0.15, 0.2) is 84.9 Å². The van der Waals surface area contributed by atoms with Crippen molar-refractivity contribution in [3.05, 3.63) is 102 Å². The molecule has 0 aromatic heterocycles. The number of benzene rings is 3. The number of piperidine rings is 1. The van der Waals surface area contributed by atoms with Crippen molar-refractivity contribution >= 4 is 21.6 Å². The third-order valence-electron chi connectivity index (χ3n) is 6.00. The van der Waals surface area contributed by atoms with Crippen LogP contribution in [0.5, 0.6) is 0 Å². The maximum Gasteiger partial charge on any atom is 0.253 e. The van der Waals surface area contributed by atoms with Crippen molar-refractivity contribution in [1.82, 2.24) is 4.90 Å². The summed E-state index contributed by atoms with van der Waals surface area (Å²) in [6.07, 6.45) is 3.05. The van der Waals surface area contributed by atoms with E-state index in [0.29, 0.717) is 30.3 Å². The maximum absolute atomic E-state index is 13.2. The molecule has 0 unspecified atom stereocenters. The number of hydrogen-bond acceptors (Lipinski definition) is 3. The van der Waals surface area contributed by atoms with E-state index in [2.05, 4.69) is 24.3 Å². The Morgan fingerprint density at radius 3 is 2.16 bits per heavy atom. The molecule has 166 valence electrons. The van der Waals surface area contributed by atoms with Gasteiger partial charge in [-0.2, -0.15) is 0 Å². The number of amides is 1. The maximum atomic E-state index is 13.2. The van der Waals surface area contributed by atoms with Gasteiger partial charge in [0, 0.05) is 18.7 Å². The molecule has 0 saturated carbocycles. The number of carbonyl (C=O) groups is 1. The number of rotatable bonds is 6. The zero-order valence-corrected chi connectivity index (χ0v) is 19.0. The summed E-state index contributed by atoms with van der Waals surface area (Å²) in [5, 5.41) is 0. The average Bonchev–Trinajstić information content (AvgIpc) is 2.83. The molecule has 1 saturated heterocycles. The zero-order valence-electron chi connectivity index (χ0n) is 18.2. The molecule has 3 aromatic rings. The van der Waals surface area contributed by atoms with Crippen LogP contribution in [0.2, 0.25) is 0 Å². The second kappa shape index (κ2) is 9.57. The van der Waals surface area contributed by atoms with Crippen LogP contribution in [-0.4, -0.2) is 38.6 Å². The summed E-state index contributed by atoms with van der Waals surface area (Å²) in [7, 11) is -3.51. The molecule has 1 amide bonds. The van der Waals surface area contributed by atoms with Gasteiger partial charge in [-0.3, -0.25) is 9.10 Å². The Bertz CT molecular complexity index is 1160. The van der Waals surface area contributed by atoms with Gasteiger partial charge in [0.25, 0.3) is 5.91 Å². The predicted molar refractivity (Wildman–Crippen MR) is 128 cm³/mol. The van der Waals surface area contributed by atoms with Crippen LogP contribution in [-0.2, 0) is 16.6 Å². The van der Waals surface area contributed by atoms with Crippen LogP contribution in [0.25, 0.3) is 0 Å². The van der Waals surface area contributed by atoms with Gasteiger partial charge in [-0.1, -0.05) is 66.7 Å². The lowest BCUT2D eigenvalue weighted by atomic mass is 9.89.